The van der Waals surface area contributed by atoms with Gasteiger partial charge >= 0.3 is 31.1 Å². The minimum absolute atomic E-state index is 0.661. The van der Waals surface area contributed by atoms with Crippen LogP contribution in [0.3, 0.4) is 0 Å². The van der Waals surface area contributed by atoms with Crippen LogP contribution in [0.25, 0.3) is 0 Å². The van der Waals surface area contributed by atoms with Crippen molar-refractivity contribution >= 4 is 31.9 Å². The fourth-order valence-corrected chi connectivity index (χ4v) is 1.88. The van der Waals surface area contributed by atoms with Gasteiger partial charge in [-0.2, -0.15) is 35.8 Å². The Bertz CT molecular complexity index is 654. The van der Waals surface area contributed by atoms with Gasteiger partial charge in [-0.05, 0) is 0 Å². The maximum Gasteiger partial charge on any atom is 0.511 e. The van der Waals surface area contributed by atoms with Crippen molar-refractivity contribution in [3.05, 3.63) is 0 Å². The molecule has 0 aliphatic heterocycles. The van der Waals surface area contributed by atoms with Crippen molar-refractivity contribution in [2.24, 2.45) is 0 Å². The van der Waals surface area contributed by atoms with Gasteiger partial charge in [0.1, 0.15) is 0 Å². The van der Waals surface area contributed by atoms with Gasteiger partial charge in [0.15, 0.2) is 0 Å². The summed E-state index contributed by atoms with van der Waals surface area (Å²) < 4.78 is 116. The zero-order valence-corrected chi connectivity index (χ0v) is 14.0. The summed E-state index contributed by atoms with van der Waals surface area (Å²) in [5.74, 6) is -2.11. The molecule has 0 bridgehead atoms. The van der Waals surface area contributed by atoms with E-state index in [9.17, 15) is 52.8 Å². The minimum atomic E-state index is -5.66. The first-order chi connectivity index (χ1) is 11.5. The lowest BCUT2D eigenvalue weighted by molar-refractivity contribution is -0.126. The first-order valence-electron chi connectivity index (χ1n) is 6.15. The summed E-state index contributed by atoms with van der Waals surface area (Å²) in [6.07, 6.45) is -1.32. The van der Waals surface area contributed by atoms with Gasteiger partial charge in [0.2, 0.25) is 11.8 Å². The van der Waals surface area contributed by atoms with Crippen molar-refractivity contribution in [2.75, 3.05) is 13.3 Å². The third-order valence-corrected chi connectivity index (χ3v) is 4.55. The standard InChI is InChI=1S/C8H12F6N4O6S2/c9-7(10,11)25(21,22)17-3-15-5(19)1-2-6(20)16-4-18-26(23,24)8(12,13)14/h17-18H,1-4H2,(H,15,19)(H,16,20). The molecule has 0 aromatic rings. The van der Waals surface area contributed by atoms with E-state index in [-0.39, 0.29) is 0 Å². The van der Waals surface area contributed by atoms with Gasteiger partial charge in [-0.25, -0.2) is 16.8 Å². The van der Waals surface area contributed by atoms with Crippen LogP contribution in [0.15, 0.2) is 0 Å². The molecule has 0 saturated heterocycles. The van der Waals surface area contributed by atoms with Crippen LogP contribution in [-0.4, -0.2) is 53.0 Å². The quantitative estimate of drug-likeness (QED) is 0.262. The van der Waals surface area contributed by atoms with Crippen LogP contribution in [0.1, 0.15) is 12.8 Å². The Hall–Kier alpha value is -1.66. The zero-order chi connectivity index (χ0) is 20.8. The predicted octanol–water partition coefficient (Wildman–Crippen LogP) is -1.21. The SMILES string of the molecule is O=C(CCC(=O)NCNS(=O)(=O)C(F)(F)F)NCNS(=O)(=O)C(F)(F)F. The lowest BCUT2D eigenvalue weighted by atomic mass is 10.3. The third-order valence-electron chi connectivity index (χ3n) is 2.28. The molecule has 10 nitrogen and oxygen atoms in total. The number of halogens is 6. The topological polar surface area (TPSA) is 151 Å². The normalized spacial score (nSPS) is 13.3. The number of carbonyl (C=O) groups is 2. The predicted molar refractivity (Wildman–Crippen MR) is 71.5 cm³/mol. The molecule has 0 aromatic heterocycles. The molecule has 0 unspecified atom stereocenters. The molecule has 0 rings (SSSR count). The van der Waals surface area contributed by atoms with E-state index in [0.717, 1.165) is 9.44 Å². The maximum absolute atomic E-state index is 12.0. The lowest BCUT2D eigenvalue weighted by Crippen LogP contribution is -2.44. The number of nitrogens with one attached hydrogen (secondary N) is 4. The molecule has 0 aliphatic carbocycles. The summed E-state index contributed by atoms with van der Waals surface area (Å²) in [5, 5.41) is 3.39. The number of sulfonamides is 2. The number of amides is 2. The molecular weight excluding hydrogens is 426 g/mol. The molecule has 0 saturated carbocycles. The molecule has 154 valence electrons. The van der Waals surface area contributed by atoms with E-state index in [2.05, 4.69) is 0 Å². The first kappa shape index (κ1) is 24.3. The largest absolute Gasteiger partial charge is 0.511 e. The Balaban J connectivity index is 4.13. The molecule has 0 radical (unpaired) electrons. The molecule has 18 heteroatoms. The summed E-state index contributed by atoms with van der Waals surface area (Å²) in [5.41, 5.74) is -11.2. The Kier molecular flexibility index (Phi) is 8.26. The van der Waals surface area contributed by atoms with Crippen molar-refractivity contribution in [3.63, 3.8) is 0 Å². The molecule has 2 amide bonds. The van der Waals surface area contributed by atoms with E-state index in [1.807, 2.05) is 0 Å². The fraction of sp³-hybridized carbons (Fsp3) is 0.750. The molecule has 0 heterocycles. The van der Waals surface area contributed by atoms with Crippen LogP contribution in [0.5, 0.6) is 0 Å². The molecule has 0 aromatic carbocycles. The second-order valence-corrected chi connectivity index (χ2v) is 7.76. The summed E-state index contributed by atoms with van der Waals surface area (Å²) >= 11 is 0. The second kappa shape index (κ2) is 8.82. The van der Waals surface area contributed by atoms with Gasteiger partial charge < -0.3 is 10.6 Å². The summed E-state index contributed by atoms with van der Waals surface area (Å²) in [6.45, 7) is -2.23. The van der Waals surface area contributed by atoms with Crippen molar-refractivity contribution in [1.29, 1.82) is 0 Å². The Morgan fingerprint density at radius 3 is 1.15 bits per heavy atom. The van der Waals surface area contributed by atoms with E-state index in [0.29, 0.717) is 0 Å². The number of hydrogen-bond donors (Lipinski definition) is 4. The van der Waals surface area contributed by atoms with E-state index in [1.165, 1.54) is 0 Å². The molecule has 0 fully saturated rings. The maximum atomic E-state index is 12.0. The van der Waals surface area contributed by atoms with Gasteiger partial charge in [-0.1, -0.05) is 0 Å². The van der Waals surface area contributed by atoms with Crippen LogP contribution < -0.4 is 20.1 Å². The Labute approximate surface area is 142 Å². The number of alkyl halides is 6. The number of carbonyl (C=O) groups excluding carboxylic acids is 2. The first-order valence-corrected chi connectivity index (χ1v) is 9.11. The van der Waals surface area contributed by atoms with Gasteiger partial charge in [0.05, 0.1) is 13.3 Å². The average molecular weight is 438 g/mol. The van der Waals surface area contributed by atoms with Crippen LogP contribution >= 0.6 is 0 Å². The van der Waals surface area contributed by atoms with Crippen molar-refractivity contribution < 1.29 is 52.8 Å². The summed E-state index contributed by atoms with van der Waals surface area (Å²) in [4.78, 5) is 22.4. The van der Waals surface area contributed by atoms with Crippen molar-refractivity contribution in [3.8, 4) is 0 Å². The van der Waals surface area contributed by atoms with E-state index in [1.54, 1.807) is 10.6 Å². The minimum Gasteiger partial charge on any atom is -0.343 e. The molecule has 0 aliphatic rings. The molecule has 26 heavy (non-hydrogen) atoms. The van der Waals surface area contributed by atoms with Crippen LogP contribution in [0, 0.1) is 0 Å². The monoisotopic (exact) mass is 438 g/mol. The van der Waals surface area contributed by atoms with Crippen LogP contribution in [-0.2, 0) is 29.6 Å². The number of hydrogen-bond acceptors (Lipinski definition) is 6. The van der Waals surface area contributed by atoms with E-state index < -0.39 is 69.1 Å². The van der Waals surface area contributed by atoms with Crippen LogP contribution in [0.2, 0.25) is 0 Å². The Morgan fingerprint density at radius 1 is 0.654 bits per heavy atom. The zero-order valence-electron chi connectivity index (χ0n) is 12.4. The van der Waals surface area contributed by atoms with Crippen LogP contribution in [0.4, 0.5) is 26.3 Å². The van der Waals surface area contributed by atoms with Gasteiger partial charge in [0.25, 0.3) is 0 Å². The summed E-state index contributed by atoms with van der Waals surface area (Å²) in [6, 6.07) is 0. The molecule has 0 spiro atoms. The average Bonchev–Trinajstić information content (AvgIpc) is 2.42. The van der Waals surface area contributed by atoms with Gasteiger partial charge in [0, 0.05) is 12.8 Å². The smallest absolute Gasteiger partial charge is 0.343 e. The molecule has 0 atom stereocenters. The second-order valence-electron chi connectivity index (χ2n) is 4.24. The lowest BCUT2D eigenvalue weighted by Gasteiger charge is -2.11. The highest BCUT2D eigenvalue weighted by Crippen LogP contribution is 2.21. The highest BCUT2D eigenvalue weighted by Gasteiger charge is 2.46. The highest BCUT2D eigenvalue weighted by atomic mass is 32.2. The van der Waals surface area contributed by atoms with Crippen molar-refractivity contribution in [1.82, 2.24) is 20.1 Å². The summed E-state index contributed by atoms with van der Waals surface area (Å²) in [7, 11) is -11.3. The highest BCUT2D eigenvalue weighted by molar-refractivity contribution is 7.90. The van der Waals surface area contributed by atoms with Gasteiger partial charge in [-0.3, -0.25) is 9.59 Å². The number of rotatable bonds is 9. The van der Waals surface area contributed by atoms with Gasteiger partial charge in [-0.15, -0.1) is 0 Å². The van der Waals surface area contributed by atoms with Crippen molar-refractivity contribution in [2.45, 2.75) is 23.9 Å². The third kappa shape index (κ3) is 8.15. The Morgan fingerprint density at radius 2 is 0.923 bits per heavy atom. The fourth-order valence-electron chi connectivity index (χ4n) is 1.03. The van der Waals surface area contributed by atoms with E-state index >= 15 is 0 Å². The molecule has 4 N–H and O–H groups in total. The van der Waals surface area contributed by atoms with E-state index in [4.69, 9.17) is 0 Å². The molecular formula is C8H12F6N4O6S2.